The number of carbonyl (C=O) groups is 1. The molecule has 1 aromatic heterocycles. The maximum absolute atomic E-state index is 13.1. The van der Waals surface area contributed by atoms with Crippen LogP contribution < -0.4 is 9.80 Å². The van der Waals surface area contributed by atoms with E-state index in [1.54, 1.807) is 11.8 Å². The number of likely N-dealkylation sites (N-methyl/N-ethyl adjacent to an activating group) is 1. The average Bonchev–Trinajstić information content (AvgIpc) is 2.92. The summed E-state index contributed by atoms with van der Waals surface area (Å²) in [5, 5.41) is 1.87. The quantitative estimate of drug-likeness (QED) is 0.246. The molecule has 0 N–H and O–H groups in total. The number of hydrogen-bond donors (Lipinski definition) is 0. The van der Waals surface area contributed by atoms with Crippen LogP contribution in [0, 0.1) is 0 Å². The topological polar surface area (TPSA) is 55.8 Å². The van der Waals surface area contributed by atoms with E-state index in [1.807, 2.05) is 59.5 Å². The molecule has 2 fully saturated rings. The van der Waals surface area contributed by atoms with E-state index in [0.717, 1.165) is 61.4 Å². The van der Waals surface area contributed by atoms with E-state index >= 15 is 0 Å². The first-order chi connectivity index (χ1) is 18.0. The second-order valence-corrected chi connectivity index (χ2v) is 11.1. The minimum Gasteiger partial charge on any atom is -0.367 e. The van der Waals surface area contributed by atoms with Gasteiger partial charge < -0.3 is 19.6 Å². The Balaban J connectivity index is 1.15. The Hall–Kier alpha value is -2.52. The third kappa shape index (κ3) is 6.49. The molecule has 0 atom stereocenters. The molecule has 2 aliphatic heterocycles. The van der Waals surface area contributed by atoms with Crippen molar-refractivity contribution in [2.24, 2.45) is 0 Å². The lowest BCUT2D eigenvalue weighted by Crippen LogP contribution is -2.48. The van der Waals surface area contributed by atoms with Gasteiger partial charge in [0.25, 0.3) is 5.91 Å². The van der Waals surface area contributed by atoms with E-state index in [1.165, 1.54) is 0 Å². The lowest BCUT2D eigenvalue weighted by molar-refractivity contribution is 0.0747. The molecule has 2 saturated heterocycles. The first-order valence-corrected chi connectivity index (χ1v) is 14.2. The molecule has 37 heavy (non-hydrogen) atoms. The molecule has 7 nitrogen and oxygen atoms in total. The number of aromatic nitrogens is 2. The number of para-hydroxylation sites is 1. The summed E-state index contributed by atoms with van der Waals surface area (Å²) in [6, 6.07) is 17.5. The maximum atomic E-state index is 13.1. The van der Waals surface area contributed by atoms with Gasteiger partial charge in [0.05, 0.1) is 10.7 Å². The molecular formula is C27H30Cl2N6OS. The van der Waals surface area contributed by atoms with Crippen LogP contribution in [0.5, 0.6) is 0 Å². The SMILES string of the molecule is CN1CCN(c2cc(Cl)nc(SCc3ccc(C(=O)N4CCN(c5ccccc5Cl)CC4)cc3)n2)CC1. The van der Waals surface area contributed by atoms with E-state index in [9.17, 15) is 4.79 Å². The summed E-state index contributed by atoms with van der Waals surface area (Å²) in [5.74, 6) is 1.65. The van der Waals surface area contributed by atoms with Gasteiger partial charge in [-0.05, 0) is 36.9 Å². The Morgan fingerprint density at radius 2 is 1.54 bits per heavy atom. The summed E-state index contributed by atoms with van der Waals surface area (Å²) in [7, 11) is 2.13. The van der Waals surface area contributed by atoms with Crippen molar-refractivity contribution in [1.82, 2.24) is 19.8 Å². The number of carbonyl (C=O) groups excluding carboxylic acids is 1. The fraction of sp³-hybridized carbons (Fsp3) is 0.370. The van der Waals surface area contributed by atoms with Crippen molar-refractivity contribution < 1.29 is 4.79 Å². The minimum atomic E-state index is 0.0630. The predicted molar refractivity (Wildman–Crippen MR) is 152 cm³/mol. The molecule has 0 saturated carbocycles. The van der Waals surface area contributed by atoms with Gasteiger partial charge in [0.2, 0.25) is 0 Å². The molecule has 194 valence electrons. The van der Waals surface area contributed by atoms with Gasteiger partial charge in [-0.2, -0.15) is 0 Å². The van der Waals surface area contributed by atoms with Gasteiger partial charge in [-0.15, -0.1) is 0 Å². The largest absolute Gasteiger partial charge is 0.367 e. The number of rotatable bonds is 6. The fourth-order valence-electron chi connectivity index (χ4n) is 4.58. The van der Waals surface area contributed by atoms with E-state index in [2.05, 4.69) is 26.7 Å². The second-order valence-electron chi connectivity index (χ2n) is 9.34. The number of piperazine rings is 2. The molecule has 0 aliphatic carbocycles. The van der Waals surface area contributed by atoms with Crippen LogP contribution in [0.1, 0.15) is 15.9 Å². The molecule has 2 aromatic carbocycles. The standard InChI is InChI=1S/C27H30Cl2N6OS/c1-32-10-12-34(13-11-32)25-18-24(29)30-27(31-25)37-19-20-6-8-21(9-7-20)26(36)35-16-14-33(15-17-35)23-5-3-2-4-22(23)28/h2-9,18H,10-17,19H2,1H3. The van der Waals surface area contributed by atoms with Crippen molar-refractivity contribution in [3.05, 3.63) is 75.9 Å². The molecule has 2 aliphatic rings. The van der Waals surface area contributed by atoms with Gasteiger partial charge in [-0.1, -0.05) is 59.2 Å². The highest BCUT2D eigenvalue weighted by molar-refractivity contribution is 7.98. The molecule has 3 aromatic rings. The third-order valence-electron chi connectivity index (χ3n) is 6.82. The smallest absolute Gasteiger partial charge is 0.253 e. The Kier molecular flexibility index (Phi) is 8.39. The predicted octanol–water partition coefficient (Wildman–Crippen LogP) is 4.79. The van der Waals surface area contributed by atoms with Crippen LogP contribution in [-0.4, -0.2) is 85.1 Å². The number of halogens is 2. The number of amides is 1. The average molecular weight is 558 g/mol. The van der Waals surface area contributed by atoms with Gasteiger partial charge in [0.15, 0.2) is 5.16 Å². The summed E-state index contributed by atoms with van der Waals surface area (Å²) < 4.78 is 0. The number of anilines is 2. The van der Waals surface area contributed by atoms with Crippen molar-refractivity contribution in [2.75, 3.05) is 69.2 Å². The minimum absolute atomic E-state index is 0.0630. The molecule has 3 heterocycles. The highest BCUT2D eigenvalue weighted by Crippen LogP contribution is 2.27. The molecule has 0 unspecified atom stereocenters. The number of nitrogens with zero attached hydrogens (tertiary/aromatic N) is 6. The summed E-state index contributed by atoms with van der Waals surface area (Å²) in [6.45, 7) is 6.74. The molecule has 0 bridgehead atoms. The van der Waals surface area contributed by atoms with Gasteiger partial charge in [-0.25, -0.2) is 9.97 Å². The Morgan fingerprint density at radius 1 is 0.865 bits per heavy atom. The van der Waals surface area contributed by atoms with Crippen LogP contribution in [0.15, 0.2) is 59.8 Å². The summed E-state index contributed by atoms with van der Waals surface area (Å²) in [4.78, 5) is 30.9. The highest BCUT2D eigenvalue weighted by atomic mass is 35.5. The van der Waals surface area contributed by atoms with Gasteiger partial charge in [-0.3, -0.25) is 4.79 Å². The van der Waals surface area contributed by atoms with Crippen LogP contribution in [0.3, 0.4) is 0 Å². The Morgan fingerprint density at radius 3 is 2.24 bits per heavy atom. The van der Waals surface area contributed by atoms with Crippen LogP contribution in [0.4, 0.5) is 11.5 Å². The van der Waals surface area contributed by atoms with E-state index in [0.29, 0.717) is 34.7 Å². The van der Waals surface area contributed by atoms with Crippen LogP contribution >= 0.6 is 35.0 Å². The summed E-state index contributed by atoms with van der Waals surface area (Å²) >= 11 is 14.2. The molecule has 0 spiro atoms. The highest BCUT2D eigenvalue weighted by Gasteiger charge is 2.23. The number of hydrogen-bond acceptors (Lipinski definition) is 7. The second kappa shape index (κ2) is 11.9. The third-order valence-corrected chi connectivity index (χ3v) is 8.25. The van der Waals surface area contributed by atoms with Crippen molar-refractivity contribution in [3.63, 3.8) is 0 Å². The summed E-state index contributed by atoms with van der Waals surface area (Å²) in [5.41, 5.74) is 2.84. The lowest BCUT2D eigenvalue weighted by Gasteiger charge is -2.36. The van der Waals surface area contributed by atoms with Crippen LogP contribution in [0.25, 0.3) is 0 Å². The molecule has 5 rings (SSSR count). The van der Waals surface area contributed by atoms with Gasteiger partial charge in [0.1, 0.15) is 11.0 Å². The van der Waals surface area contributed by atoms with Gasteiger partial charge in [0, 0.05) is 69.7 Å². The fourth-order valence-corrected chi connectivity index (χ4v) is 5.87. The van der Waals surface area contributed by atoms with Crippen molar-refractivity contribution in [2.45, 2.75) is 10.9 Å². The monoisotopic (exact) mass is 556 g/mol. The molecule has 0 radical (unpaired) electrons. The van der Waals surface area contributed by atoms with E-state index in [4.69, 9.17) is 28.2 Å². The van der Waals surface area contributed by atoms with Crippen molar-refractivity contribution in [1.29, 1.82) is 0 Å². The normalized spacial score (nSPS) is 16.8. The van der Waals surface area contributed by atoms with Crippen molar-refractivity contribution in [3.8, 4) is 0 Å². The van der Waals surface area contributed by atoms with Gasteiger partial charge >= 0.3 is 0 Å². The Labute approximate surface area is 232 Å². The molecular weight excluding hydrogens is 527 g/mol. The zero-order chi connectivity index (χ0) is 25.8. The Bertz CT molecular complexity index is 1230. The first-order valence-electron chi connectivity index (χ1n) is 12.4. The van der Waals surface area contributed by atoms with E-state index in [-0.39, 0.29) is 5.91 Å². The van der Waals surface area contributed by atoms with Crippen LogP contribution in [-0.2, 0) is 5.75 Å². The summed E-state index contributed by atoms with van der Waals surface area (Å²) in [6.07, 6.45) is 0. The number of thioether (sulfide) groups is 1. The first kappa shape index (κ1) is 26.1. The zero-order valence-electron chi connectivity index (χ0n) is 20.8. The maximum Gasteiger partial charge on any atom is 0.253 e. The zero-order valence-corrected chi connectivity index (χ0v) is 23.1. The lowest BCUT2D eigenvalue weighted by atomic mass is 10.1. The van der Waals surface area contributed by atoms with Crippen molar-refractivity contribution >= 4 is 52.4 Å². The molecule has 10 heteroatoms. The molecule has 1 amide bonds. The number of benzene rings is 2. The van der Waals surface area contributed by atoms with E-state index < -0.39 is 0 Å². The van der Waals surface area contributed by atoms with Crippen LogP contribution in [0.2, 0.25) is 10.2 Å².